The van der Waals surface area contributed by atoms with Gasteiger partial charge in [-0.2, -0.15) is 0 Å². The number of nitrogens with zero attached hydrogens (tertiary/aromatic N) is 2. The Labute approximate surface area is 190 Å². The van der Waals surface area contributed by atoms with E-state index < -0.39 is 0 Å². The van der Waals surface area contributed by atoms with E-state index in [1.165, 1.54) is 5.56 Å². The third-order valence-electron chi connectivity index (χ3n) is 5.42. The van der Waals surface area contributed by atoms with Crippen molar-refractivity contribution in [2.24, 2.45) is 10.9 Å². The quantitative estimate of drug-likeness (QED) is 0.393. The predicted molar refractivity (Wildman–Crippen MR) is 127 cm³/mol. The monoisotopic (exact) mass is 435 g/mol. The zero-order valence-electron chi connectivity index (χ0n) is 18.7. The zero-order chi connectivity index (χ0) is 22.6. The maximum atomic E-state index is 12.4. The fourth-order valence-corrected chi connectivity index (χ4v) is 3.70. The molecule has 1 aliphatic rings. The number of aliphatic imine (C=N–C) groups is 1. The lowest BCUT2D eigenvalue weighted by Gasteiger charge is -2.18. The summed E-state index contributed by atoms with van der Waals surface area (Å²) in [5, 5.41) is 9.33. The Hall–Kier alpha value is -3.35. The molecule has 2 amide bonds. The topological polar surface area (TPSA) is 85.8 Å². The van der Waals surface area contributed by atoms with E-state index in [9.17, 15) is 9.59 Å². The van der Waals surface area contributed by atoms with Crippen LogP contribution in [0.4, 0.5) is 0 Å². The first-order valence-corrected chi connectivity index (χ1v) is 11.3. The minimum absolute atomic E-state index is 0.0506. The molecule has 0 aliphatic carbocycles. The van der Waals surface area contributed by atoms with E-state index >= 15 is 0 Å². The molecule has 7 heteroatoms. The lowest BCUT2D eigenvalue weighted by Crippen LogP contribution is -2.41. The molecular formula is C25H33N5O2. The van der Waals surface area contributed by atoms with Crippen LogP contribution in [0.5, 0.6) is 0 Å². The number of guanidine groups is 1. The number of hydrogen-bond donors (Lipinski definition) is 3. The first-order chi connectivity index (χ1) is 15.6. The molecule has 3 N–H and O–H groups in total. The molecule has 0 aromatic heterocycles. The van der Waals surface area contributed by atoms with Crippen LogP contribution in [0.15, 0.2) is 65.7 Å². The van der Waals surface area contributed by atoms with Crippen LogP contribution >= 0.6 is 0 Å². The summed E-state index contributed by atoms with van der Waals surface area (Å²) in [6, 6.07) is 20.0. The van der Waals surface area contributed by atoms with Crippen LogP contribution in [-0.4, -0.2) is 55.4 Å². The van der Waals surface area contributed by atoms with Gasteiger partial charge in [0.1, 0.15) is 6.54 Å². The van der Waals surface area contributed by atoms with Crippen molar-refractivity contribution in [3.05, 3.63) is 71.8 Å². The summed E-state index contributed by atoms with van der Waals surface area (Å²) >= 11 is 0. The summed E-state index contributed by atoms with van der Waals surface area (Å²) in [5.74, 6) is 0.899. The lowest BCUT2D eigenvalue weighted by molar-refractivity contribution is -0.127. The van der Waals surface area contributed by atoms with Gasteiger partial charge in [-0.05, 0) is 24.5 Å². The number of amides is 2. The second kappa shape index (κ2) is 12.5. The molecule has 0 radical (unpaired) electrons. The molecule has 7 nitrogen and oxygen atoms in total. The molecule has 1 atom stereocenters. The molecule has 1 fully saturated rings. The van der Waals surface area contributed by atoms with Gasteiger partial charge in [0.2, 0.25) is 11.8 Å². The normalized spacial score (nSPS) is 16.2. The van der Waals surface area contributed by atoms with Crippen molar-refractivity contribution in [3.63, 3.8) is 0 Å². The molecule has 2 aromatic rings. The Balaban J connectivity index is 1.41. The van der Waals surface area contributed by atoms with E-state index in [1.54, 1.807) is 0 Å². The van der Waals surface area contributed by atoms with Crippen LogP contribution in [0.3, 0.4) is 0 Å². The second-order valence-electron chi connectivity index (χ2n) is 7.98. The van der Waals surface area contributed by atoms with E-state index in [1.807, 2.05) is 60.4 Å². The standard InChI is InChI=1S/C25H33N5O2/c1-2-26-25(29-18-23(31)27-16-21-11-7-4-8-12-21)28-17-22-15-24(32)30(19-22)14-13-20-9-5-3-6-10-20/h3-12,22H,2,13-19H2,1H3,(H,27,31)(H2,26,28,29). The molecule has 0 saturated carbocycles. The van der Waals surface area contributed by atoms with Gasteiger partial charge in [-0.25, -0.2) is 4.99 Å². The molecule has 2 aromatic carbocycles. The van der Waals surface area contributed by atoms with E-state index in [4.69, 9.17) is 0 Å². The lowest BCUT2D eigenvalue weighted by atomic mass is 10.1. The van der Waals surface area contributed by atoms with E-state index in [-0.39, 0.29) is 24.3 Å². The number of carbonyl (C=O) groups is 2. The third kappa shape index (κ3) is 7.72. The Bertz CT molecular complexity index is 886. The van der Waals surface area contributed by atoms with Gasteiger partial charge in [-0.15, -0.1) is 0 Å². The van der Waals surface area contributed by atoms with Crippen LogP contribution in [0.25, 0.3) is 0 Å². The van der Waals surface area contributed by atoms with Gasteiger partial charge < -0.3 is 20.9 Å². The van der Waals surface area contributed by atoms with E-state index in [2.05, 4.69) is 33.1 Å². The van der Waals surface area contributed by atoms with Gasteiger partial charge in [-0.1, -0.05) is 60.7 Å². The maximum absolute atomic E-state index is 12.4. The van der Waals surface area contributed by atoms with Crippen molar-refractivity contribution in [1.82, 2.24) is 20.9 Å². The average Bonchev–Trinajstić information content (AvgIpc) is 3.18. The SMILES string of the molecule is CCNC(=NCC(=O)NCc1ccccc1)NCC1CC(=O)N(CCc2ccccc2)C1. The van der Waals surface area contributed by atoms with Crippen LogP contribution in [0, 0.1) is 5.92 Å². The molecule has 1 unspecified atom stereocenters. The van der Waals surface area contributed by atoms with E-state index in [0.717, 1.165) is 25.1 Å². The van der Waals surface area contributed by atoms with Crippen molar-refractivity contribution in [3.8, 4) is 0 Å². The summed E-state index contributed by atoms with van der Waals surface area (Å²) in [5.41, 5.74) is 2.30. The smallest absolute Gasteiger partial charge is 0.242 e. The van der Waals surface area contributed by atoms with Gasteiger partial charge in [0, 0.05) is 45.1 Å². The minimum atomic E-state index is -0.130. The number of likely N-dealkylation sites (tertiary alicyclic amines) is 1. The fourth-order valence-electron chi connectivity index (χ4n) is 3.70. The van der Waals surface area contributed by atoms with Crippen molar-refractivity contribution in [1.29, 1.82) is 0 Å². The second-order valence-corrected chi connectivity index (χ2v) is 7.98. The van der Waals surface area contributed by atoms with Crippen LogP contribution in [-0.2, 0) is 22.6 Å². The largest absolute Gasteiger partial charge is 0.357 e. The predicted octanol–water partition coefficient (Wildman–Crippen LogP) is 1.95. The highest BCUT2D eigenvalue weighted by atomic mass is 16.2. The Kier molecular flexibility index (Phi) is 9.10. The Morgan fingerprint density at radius 1 is 1.00 bits per heavy atom. The Morgan fingerprint density at radius 3 is 2.38 bits per heavy atom. The first-order valence-electron chi connectivity index (χ1n) is 11.3. The molecule has 32 heavy (non-hydrogen) atoms. The van der Waals surface area contributed by atoms with Gasteiger partial charge in [0.15, 0.2) is 5.96 Å². The van der Waals surface area contributed by atoms with Gasteiger partial charge in [0.25, 0.3) is 0 Å². The number of carbonyl (C=O) groups excluding carboxylic acids is 2. The summed E-state index contributed by atoms with van der Waals surface area (Å²) < 4.78 is 0. The molecule has 170 valence electrons. The average molecular weight is 436 g/mol. The van der Waals surface area contributed by atoms with Gasteiger partial charge in [-0.3, -0.25) is 9.59 Å². The highest BCUT2D eigenvalue weighted by Gasteiger charge is 2.29. The Morgan fingerprint density at radius 2 is 1.69 bits per heavy atom. The number of nitrogens with one attached hydrogen (secondary N) is 3. The van der Waals surface area contributed by atoms with Crippen molar-refractivity contribution in [2.45, 2.75) is 26.3 Å². The van der Waals surface area contributed by atoms with Crippen LogP contribution in [0.2, 0.25) is 0 Å². The summed E-state index contributed by atoms with van der Waals surface area (Å²) in [6.45, 7) is 5.36. The number of benzene rings is 2. The highest BCUT2D eigenvalue weighted by Crippen LogP contribution is 2.17. The molecule has 0 spiro atoms. The van der Waals surface area contributed by atoms with Gasteiger partial charge >= 0.3 is 0 Å². The molecule has 1 aliphatic heterocycles. The number of rotatable bonds is 10. The van der Waals surface area contributed by atoms with Crippen LogP contribution < -0.4 is 16.0 Å². The first kappa shape index (κ1) is 23.3. The van der Waals surface area contributed by atoms with Gasteiger partial charge in [0.05, 0.1) is 0 Å². The molecule has 3 rings (SSSR count). The number of hydrogen-bond acceptors (Lipinski definition) is 3. The van der Waals surface area contributed by atoms with Crippen molar-refractivity contribution >= 4 is 17.8 Å². The maximum Gasteiger partial charge on any atom is 0.242 e. The molecular weight excluding hydrogens is 402 g/mol. The summed E-state index contributed by atoms with van der Waals surface area (Å²) in [4.78, 5) is 30.8. The zero-order valence-corrected chi connectivity index (χ0v) is 18.7. The van der Waals surface area contributed by atoms with Crippen molar-refractivity contribution < 1.29 is 9.59 Å². The molecule has 0 bridgehead atoms. The third-order valence-corrected chi connectivity index (χ3v) is 5.42. The summed E-state index contributed by atoms with van der Waals surface area (Å²) in [6.07, 6.45) is 1.41. The molecule has 1 heterocycles. The van der Waals surface area contributed by atoms with Crippen molar-refractivity contribution in [2.75, 3.05) is 32.7 Å². The fraction of sp³-hybridized carbons (Fsp3) is 0.400. The molecule has 1 saturated heterocycles. The van der Waals surface area contributed by atoms with E-state index in [0.29, 0.717) is 32.0 Å². The summed E-state index contributed by atoms with van der Waals surface area (Å²) in [7, 11) is 0. The van der Waals surface area contributed by atoms with Crippen LogP contribution in [0.1, 0.15) is 24.5 Å². The minimum Gasteiger partial charge on any atom is -0.357 e. The highest BCUT2D eigenvalue weighted by molar-refractivity contribution is 5.85.